The molecule has 0 radical (unpaired) electrons. The number of allylic oxidation sites excluding steroid dienone is 2. The predicted octanol–water partition coefficient (Wildman–Crippen LogP) is 1.73. The number of hydrogen-bond acceptors (Lipinski definition) is 6. The number of nitrogens with one attached hydrogen (secondary N) is 1. The van der Waals surface area contributed by atoms with Crippen molar-refractivity contribution in [1.82, 2.24) is 4.72 Å². The molecule has 0 unspecified atom stereocenters. The number of morpholine rings is 1. The molecule has 0 saturated carbocycles. The molecule has 1 saturated heterocycles. The smallest absolute Gasteiger partial charge is 0.251 e. The molecule has 0 spiro atoms. The van der Waals surface area contributed by atoms with Crippen LogP contribution in [0.3, 0.4) is 0 Å². The Morgan fingerprint density at radius 3 is 2.54 bits per heavy atom. The number of sulfonamides is 1. The van der Waals surface area contributed by atoms with Gasteiger partial charge in [0, 0.05) is 31.9 Å². The summed E-state index contributed by atoms with van der Waals surface area (Å²) in [4.78, 5) is 1.94. The number of rotatable bonds is 8. The maximum atomic E-state index is 12.4. The molecule has 0 amide bonds. The third-order valence-corrected chi connectivity index (χ3v) is 5.65. The zero-order valence-corrected chi connectivity index (χ0v) is 16.0. The minimum Gasteiger partial charge on any atom is -0.380 e. The van der Waals surface area contributed by atoms with Crippen molar-refractivity contribution >= 4 is 21.3 Å². The molecule has 0 bridgehead atoms. The van der Waals surface area contributed by atoms with Crippen LogP contribution in [0.5, 0.6) is 0 Å². The summed E-state index contributed by atoms with van der Waals surface area (Å²) in [6.07, 6.45) is 0. The average molecular weight is 379 g/mol. The van der Waals surface area contributed by atoms with Crippen LogP contribution in [0, 0.1) is 11.3 Å². The molecule has 2 rings (SSSR count). The van der Waals surface area contributed by atoms with Gasteiger partial charge in [0.2, 0.25) is 0 Å². The highest BCUT2D eigenvalue weighted by Crippen LogP contribution is 2.24. The van der Waals surface area contributed by atoms with Crippen molar-refractivity contribution in [1.29, 1.82) is 5.26 Å². The van der Waals surface area contributed by atoms with Crippen LogP contribution in [0.2, 0.25) is 0 Å². The maximum Gasteiger partial charge on any atom is 0.251 e. The van der Waals surface area contributed by atoms with Crippen LogP contribution in [-0.4, -0.2) is 54.5 Å². The molecule has 1 N–H and O–H groups in total. The van der Waals surface area contributed by atoms with Crippen LogP contribution >= 0.6 is 0 Å². The normalized spacial score (nSPS) is 16.1. The van der Waals surface area contributed by atoms with Gasteiger partial charge in [-0.3, -0.25) is 0 Å². The van der Waals surface area contributed by atoms with Crippen LogP contribution in [0.15, 0.2) is 29.2 Å². The quantitative estimate of drug-likeness (QED) is 0.546. The lowest BCUT2D eigenvalue weighted by atomic mass is 10.1. The molecule has 142 valence electrons. The fraction of sp³-hybridized carbons (Fsp3) is 0.500. The van der Waals surface area contributed by atoms with E-state index >= 15 is 0 Å². The predicted molar refractivity (Wildman–Crippen MR) is 101 cm³/mol. The molecule has 0 atom stereocenters. The van der Waals surface area contributed by atoms with Gasteiger partial charge in [0.1, 0.15) is 6.07 Å². The van der Waals surface area contributed by atoms with E-state index in [-0.39, 0.29) is 18.1 Å². The van der Waals surface area contributed by atoms with Crippen molar-refractivity contribution in [3.05, 3.63) is 34.7 Å². The van der Waals surface area contributed by atoms with Crippen LogP contribution in [0.4, 0.5) is 5.69 Å². The Balaban J connectivity index is 2.17. The summed E-state index contributed by atoms with van der Waals surface area (Å²) in [5.41, 5.74) is 2.18. The first-order valence-electron chi connectivity index (χ1n) is 8.61. The fourth-order valence-corrected chi connectivity index (χ4v) is 3.82. The maximum absolute atomic E-state index is 12.4. The summed E-state index contributed by atoms with van der Waals surface area (Å²) in [6.45, 7) is 7.44. The second-order valence-corrected chi connectivity index (χ2v) is 7.51. The monoisotopic (exact) mass is 379 g/mol. The van der Waals surface area contributed by atoms with E-state index in [2.05, 4.69) is 9.62 Å². The van der Waals surface area contributed by atoms with Gasteiger partial charge in [-0.15, -0.1) is 0 Å². The molecule has 0 aliphatic carbocycles. The molecule has 1 aromatic rings. The molecular weight excluding hydrogens is 354 g/mol. The molecule has 26 heavy (non-hydrogen) atoms. The SMILES string of the molecule is CCOCCNS(=O)(=O)/C(C#N)=C(\C)c1ccc(N2CCOCC2)cc1. The van der Waals surface area contributed by atoms with Crippen LogP contribution in [-0.2, 0) is 19.5 Å². The molecule has 1 fully saturated rings. The molecule has 1 aliphatic rings. The molecule has 1 heterocycles. The Bertz CT molecular complexity index is 761. The highest BCUT2D eigenvalue weighted by Gasteiger charge is 2.21. The van der Waals surface area contributed by atoms with Crippen molar-refractivity contribution in [3.8, 4) is 6.07 Å². The van der Waals surface area contributed by atoms with Gasteiger partial charge < -0.3 is 14.4 Å². The van der Waals surface area contributed by atoms with Gasteiger partial charge in [-0.05, 0) is 37.1 Å². The summed E-state index contributed by atoms with van der Waals surface area (Å²) in [7, 11) is -3.87. The lowest BCUT2D eigenvalue weighted by Gasteiger charge is -2.29. The van der Waals surface area contributed by atoms with Gasteiger partial charge in [-0.25, -0.2) is 13.1 Å². The van der Waals surface area contributed by atoms with E-state index in [0.717, 1.165) is 18.8 Å². The molecule has 7 nitrogen and oxygen atoms in total. The highest BCUT2D eigenvalue weighted by molar-refractivity contribution is 7.93. The topological polar surface area (TPSA) is 91.7 Å². The first-order valence-corrected chi connectivity index (χ1v) is 10.1. The molecule has 1 aromatic carbocycles. The van der Waals surface area contributed by atoms with Gasteiger partial charge in [0.05, 0.1) is 19.8 Å². The van der Waals surface area contributed by atoms with Crippen molar-refractivity contribution in [2.45, 2.75) is 13.8 Å². The molecular formula is C18H25N3O4S. The minimum atomic E-state index is -3.87. The summed E-state index contributed by atoms with van der Waals surface area (Å²) >= 11 is 0. The van der Waals surface area contributed by atoms with Crippen molar-refractivity contribution in [2.75, 3.05) is 51.0 Å². The number of nitriles is 1. The number of benzene rings is 1. The van der Waals surface area contributed by atoms with Gasteiger partial charge in [0.25, 0.3) is 10.0 Å². The standard InChI is InChI=1S/C18H25N3O4S/c1-3-24-11-8-20-26(22,23)18(14-19)15(2)16-4-6-17(7-5-16)21-9-12-25-13-10-21/h4-7,20H,3,8-13H2,1-2H3/b18-15+. The van der Waals surface area contributed by atoms with E-state index in [0.29, 0.717) is 31.0 Å². The lowest BCUT2D eigenvalue weighted by Crippen LogP contribution is -2.36. The first kappa shape index (κ1) is 20.4. The molecule has 1 aliphatic heterocycles. The van der Waals surface area contributed by atoms with E-state index < -0.39 is 10.0 Å². The highest BCUT2D eigenvalue weighted by atomic mass is 32.2. The van der Waals surface area contributed by atoms with E-state index in [1.807, 2.05) is 37.3 Å². The largest absolute Gasteiger partial charge is 0.380 e. The van der Waals surface area contributed by atoms with Crippen molar-refractivity contribution < 1.29 is 17.9 Å². The first-order chi connectivity index (χ1) is 12.5. The number of anilines is 1. The van der Waals surface area contributed by atoms with Crippen LogP contribution in [0.25, 0.3) is 5.57 Å². The zero-order valence-electron chi connectivity index (χ0n) is 15.2. The second-order valence-electron chi connectivity index (χ2n) is 5.81. The van der Waals surface area contributed by atoms with Gasteiger partial charge in [-0.2, -0.15) is 5.26 Å². The van der Waals surface area contributed by atoms with Gasteiger partial charge >= 0.3 is 0 Å². The summed E-state index contributed by atoms with van der Waals surface area (Å²) in [5.74, 6) is 0. The number of nitrogens with zero attached hydrogens (tertiary/aromatic N) is 2. The lowest BCUT2D eigenvalue weighted by molar-refractivity contribution is 0.122. The Hall–Kier alpha value is -1.92. The molecule has 8 heteroatoms. The summed E-state index contributed by atoms with van der Waals surface area (Å²) < 4.78 is 37.6. The third kappa shape index (κ3) is 5.29. The minimum absolute atomic E-state index is 0.130. The second kappa shape index (κ2) is 9.69. The Labute approximate surface area is 155 Å². The van der Waals surface area contributed by atoms with Gasteiger partial charge in [-0.1, -0.05) is 12.1 Å². The number of hydrogen-bond donors (Lipinski definition) is 1. The third-order valence-electron chi connectivity index (χ3n) is 4.13. The fourth-order valence-electron chi connectivity index (χ4n) is 2.69. The summed E-state index contributed by atoms with van der Waals surface area (Å²) in [5, 5.41) is 9.37. The van der Waals surface area contributed by atoms with E-state index in [1.165, 1.54) is 0 Å². The summed E-state index contributed by atoms with van der Waals surface area (Å²) in [6, 6.07) is 9.38. The zero-order chi connectivity index (χ0) is 19.0. The van der Waals surface area contributed by atoms with Crippen LogP contribution < -0.4 is 9.62 Å². The Morgan fingerprint density at radius 1 is 1.31 bits per heavy atom. The van der Waals surface area contributed by atoms with Crippen LogP contribution in [0.1, 0.15) is 19.4 Å². The van der Waals surface area contributed by atoms with E-state index in [4.69, 9.17) is 9.47 Å². The number of ether oxygens (including phenoxy) is 2. The Kier molecular flexibility index (Phi) is 7.60. The van der Waals surface area contributed by atoms with Crippen molar-refractivity contribution in [3.63, 3.8) is 0 Å². The average Bonchev–Trinajstić information content (AvgIpc) is 2.66. The van der Waals surface area contributed by atoms with Crippen molar-refractivity contribution in [2.24, 2.45) is 0 Å². The molecule has 0 aromatic heterocycles. The Morgan fingerprint density at radius 2 is 1.96 bits per heavy atom. The van der Waals surface area contributed by atoms with Gasteiger partial charge in [0.15, 0.2) is 4.91 Å². The van der Waals surface area contributed by atoms with E-state index in [9.17, 15) is 13.7 Å². The van der Waals surface area contributed by atoms with E-state index in [1.54, 1.807) is 6.92 Å².